The fraction of sp³-hybridized carbons (Fsp3) is 0.458. The number of carbonyl (C=O) groups is 1. The third kappa shape index (κ3) is 5.85. The number of aryl methyl sites for hydroxylation is 1. The Labute approximate surface area is 193 Å². The maximum absolute atomic E-state index is 12.3. The molecule has 1 aliphatic rings. The van der Waals surface area contributed by atoms with Crippen molar-refractivity contribution >= 4 is 6.09 Å². The van der Waals surface area contributed by atoms with Gasteiger partial charge in [-0.25, -0.2) is 9.48 Å². The smallest absolute Gasteiger partial charge is 0.410 e. The standard InChI is InChI=1S/C24H30N6O3/c1-17-13-21(30-16-26-27-28-30)7-8-22(17)32-15-20-6-5-19(14-25-20)18-9-11-29(12-10-18)23(31)33-24(2,3)4/h5-8,13-14,16,18H,9-12,15H2,1-4H3. The largest absolute Gasteiger partial charge is 0.487 e. The molecule has 0 unspecified atom stereocenters. The number of carbonyl (C=O) groups excluding carboxylic acids is 1. The first-order valence-electron chi connectivity index (χ1n) is 11.2. The number of likely N-dealkylation sites (tertiary alicyclic amines) is 1. The van der Waals surface area contributed by atoms with Crippen molar-refractivity contribution in [3.63, 3.8) is 0 Å². The van der Waals surface area contributed by atoms with E-state index in [-0.39, 0.29) is 6.09 Å². The summed E-state index contributed by atoms with van der Waals surface area (Å²) < 4.78 is 13.1. The summed E-state index contributed by atoms with van der Waals surface area (Å²) >= 11 is 0. The number of tetrazole rings is 1. The predicted molar refractivity (Wildman–Crippen MR) is 122 cm³/mol. The molecule has 0 aliphatic carbocycles. The van der Waals surface area contributed by atoms with E-state index in [0.29, 0.717) is 25.6 Å². The Morgan fingerprint density at radius 3 is 2.55 bits per heavy atom. The van der Waals surface area contributed by atoms with Crippen molar-refractivity contribution in [3.8, 4) is 11.4 Å². The van der Waals surface area contributed by atoms with E-state index in [9.17, 15) is 4.79 Å². The molecule has 1 fully saturated rings. The number of benzene rings is 1. The van der Waals surface area contributed by atoms with Gasteiger partial charge in [0, 0.05) is 19.3 Å². The van der Waals surface area contributed by atoms with E-state index in [4.69, 9.17) is 9.47 Å². The van der Waals surface area contributed by atoms with Gasteiger partial charge in [-0.05, 0) is 92.3 Å². The number of piperidine rings is 1. The quantitative estimate of drug-likeness (QED) is 0.578. The Morgan fingerprint density at radius 2 is 1.94 bits per heavy atom. The predicted octanol–water partition coefficient (Wildman–Crippen LogP) is 4.06. The molecule has 33 heavy (non-hydrogen) atoms. The molecule has 1 amide bonds. The Balaban J connectivity index is 1.29. The van der Waals surface area contributed by atoms with Gasteiger partial charge in [-0.2, -0.15) is 0 Å². The molecule has 3 aromatic rings. The maximum atomic E-state index is 12.3. The number of rotatable bonds is 5. The molecule has 9 nitrogen and oxygen atoms in total. The number of amides is 1. The van der Waals surface area contributed by atoms with Gasteiger partial charge in [0.05, 0.1) is 11.4 Å². The maximum Gasteiger partial charge on any atom is 0.410 e. The van der Waals surface area contributed by atoms with Crippen molar-refractivity contribution in [1.82, 2.24) is 30.1 Å². The second-order valence-electron chi connectivity index (χ2n) is 9.32. The van der Waals surface area contributed by atoms with Crippen LogP contribution in [0.5, 0.6) is 5.75 Å². The molecule has 9 heteroatoms. The monoisotopic (exact) mass is 450 g/mol. The van der Waals surface area contributed by atoms with Crippen molar-refractivity contribution in [2.24, 2.45) is 0 Å². The topological polar surface area (TPSA) is 95.3 Å². The zero-order valence-corrected chi connectivity index (χ0v) is 19.6. The highest BCUT2D eigenvalue weighted by atomic mass is 16.6. The molecular formula is C24H30N6O3. The van der Waals surface area contributed by atoms with Crippen LogP contribution in [0.3, 0.4) is 0 Å². The first-order chi connectivity index (χ1) is 15.8. The van der Waals surface area contributed by atoms with Crippen LogP contribution in [0.1, 0.15) is 56.4 Å². The highest BCUT2D eigenvalue weighted by Gasteiger charge is 2.27. The van der Waals surface area contributed by atoms with Crippen molar-refractivity contribution in [1.29, 1.82) is 0 Å². The number of hydrogen-bond donors (Lipinski definition) is 0. The van der Waals surface area contributed by atoms with Crippen molar-refractivity contribution in [2.45, 2.75) is 58.7 Å². The van der Waals surface area contributed by atoms with Crippen molar-refractivity contribution < 1.29 is 14.3 Å². The summed E-state index contributed by atoms with van der Waals surface area (Å²) in [5.41, 5.74) is 3.48. The second-order valence-corrected chi connectivity index (χ2v) is 9.32. The molecule has 2 aromatic heterocycles. The van der Waals surface area contributed by atoms with Gasteiger partial charge in [0.1, 0.15) is 24.3 Å². The van der Waals surface area contributed by atoms with E-state index in [1.165, 1.54) is 5.56 Å². The normalized spacial score (nSPS) is 14.8. The van der Waals surface area contributed by atoms with E-state index in [1.807, 2.05) is 58.2 Å². The summed E-state index contributed by atoms with van der Waals surface area (Å²) in [4.78, 5) is 18.7. The third-order valence-corrected chi connectivity index (χ3v) is 5.61. The molecule has 0 saturated carbocycles. The van der Waals surface area contributed by atoms with Crippen LogP contribution in [0.2, 0.25) is 0 Å². The summed E-state index contributed by atoms with van der Waals surface area (Å²) in [5.74, 6) is 1.19. The molecule has 4 rings (SSSR count). The van der Waals surface area contributed by atoms with E-state index in [2.05, 4.69) is 26.6 Å². The molecule has 1 saturated heterocycles. The third-order valence-electron chi connectivity index (χ3n) is 5.61. The lowest BCUT2D eigenvalue weighted by molar-refractivity contribution is 0.0205. The second kappa shape index (κ2) is 9.56. The fourth-order valence-electron chi connectivity index (χ4n) is 3.85. The van der Waals surface area contributed by atoms with Crippen LogP contribution in [0.4, 0.5) is 4.79 Å². The molecular weight excluding hydrogens is 420 g/mol. The minimum absolute atomic E-state index is 0.229. The van der Waals surface area contributed by atoms with Crippen molar-refractivity contribution in [2.75, 3.05) is 13.1 Å². The number of aromatic nitrogens is 5. The molecule has 0 N–H and O–H groups in total. The summed E-state index contributed by atoms with van der Waals surface area (Å²) in [6.07, 6.45) is 5.07. The van der Waals surface area contributed by atoms with Gasteiger partial charge in [0.15, 0.2) is 0 Å². The Morgan fingerprint density at radius 1 is 1.15 bits per heavy atom. The summed E-state index contributed by atoms with van der Waals surface area (Å²) in [6, 6.07) is 9.94. The van der Waals surface area contributed by atoms with Gasteiger partial charge in [-0.15, -0.1) is 5.10 Å². The lowest BCUT2D eigenvalue weighted by Crippen LogP contribution is -2.41. The van der Waals surface area contributed by atoms with Crippen LogP contribution < -0.4 is 4.74 Å². The summed E-state index contributed by atoms with van der Waals surface area (Å²) in [7, 11) is 0. The van der Waals surface area contributed by atoms with E-state index in [0.717, 1.165) is 35.5 Å². The number of pyridine rings is 1. The lowest BCUT2D eigenvalue weighted by Gasteiger charge is -2.33. The first-order valence-corrected chi connectivity index (χ1v) is 11.2. The van der Waals surface area contributed by atoms with E-state index < -0.39 is 5.60 Å². The molecule has 174 valence electrons. The van der Waals surface area contributed by atoms with E-state index >= 15 is 0 Å². The Bertz CT molecular complexity index is 1070. The van der Waals surface area contributed by atoms with E-state index in [1.54, 1.807) is 15.9 Å². The van der Waals surface area contributed by atoms with Crippen molar-refractivity contribution in [3.05, 3.63) is 59.7 Å². The number of nitrogens with zero attached hydrogens (tertiary/aromatic N) is 6. The van der Waals surface area contributed by atoms with Crippen LogP contribution in [-0.4, -0.2) is 54.9 Å². The molecule has 3 heterocycles. The summed E-state index contributed by atoms with van der Waals surface area (Å²) in [6.45, 7) is 9.45. The average molecular weight is 451 g/mol. The number of hydrogen-bond acceptors (Lipinski definition) is 7. The average Bonchev–Trinajstić information content (AvgIpc) is 3.33. The van der Waals surface area contributed by atoms with Crippen LogP contribution in [-0.2, 0) is 11.3 Å². The highest BCUT2D eigenvalue weighted by Crippen LogP contribution is 2.29. The van der Waals surface area contributed by atoms with Crippen LogP contribution in [0.15, 0.2) is 42.9 Å². The van der Waals surface area contributed by atoms with Gasteiger partial charge < -0.3 is 14.4 Å². The number of ether oxygens (including phenoxy) is 2. The lowest BCUT2D eigenvalue weighted by atomic mass is 9.90. The minimum Gasteiger partial charge on any atom is -0.487 e. The molecule has 0 bridgehead atoms. The van der Waals surface area contributed by atoms with Gasteiger partial charge in [-0.3, -0.25) is 4.98 Å². The minimum atomic E-state index is -0.467. The SMILES string of the molecule is Cc1cc(-n2cnnn2)ccc1OCc1ccc(C2CCN(C(=O)OC(C)(C)C)CC2)cn1. The van der Waals surface area contributed by atoms with Gasteiger partial charge in [0.25, 0.3) is 0 Å². The fourth-order valence-corrected chi connectivity index (χ4v) is 3.85. The Hall–Kier alpha value is -3.49. The zero-order valence-electron chi connectivity index (χ0n) is 19.6. The van der Waals surface area contributed by atoms with Crippen LogP contribution in [0, 0.1) is 6.92 Å². The summed E-state index contributed by atoms with van der Waals surface area (Å²) in [5, 5.41) is 11.2. The Kier molecular flexibility index (Phi) is 6.57. The molecule has 1 aromatic carbocycles. The van der Waals surface area contributed by atoms with Gasteiger partial charge >= 0.3 is 6.09 Å². The van der Waals surface area contributed by atoms with Gasteiger partial charge in [0.2, 0.25) is 0 Å². The first kappa shape index (κ1) is 22.7. The van der Waals surface area contributed by atoms with Gasteiger partial charge in [-0.1, -0.05) is 6.07 Å². The highest BCUT2D eigenvalue weighted by molar-refractivity contribution is 5.68. The van der Waals surface area contributed by atoms with Crippen LogP contribution in [0.25, 0.3) is 5.69 Å². The molecule has 0 atom stereocenters. The molecule has 0 spiro atoms. The molecule has 1 aliphatic heterocycles. The zero-order chi connectivity index (χ0) is 23.4. The van der Waals surface area contributed by atoms with Crippen LogP contribution >= 0.6 is 0 Å². The molecule has 0 radical (unpaired) electrons.